The van der Waals surface area contributed by atoms with Gasteiger partial charge in [0.25, 0.3) is 0 Å². The smallest absolute Gasteiger partial charge is 0.238 e. The van der Waals surface area contributed by atoms with Crippen LogP contribution in [0.5, 0.6) is 0 Å². The summed E-state index contributed by atoms with van der Waals surface area (Å²) in [6.45, 7) is 6.70. The topological polar surface area (TPSA) is 111 Å². The van der Waals surface area contributed by atoms with E-state index < -0.39 is 25.6 Å². The highest BCUT2D eigenvalue weighted by molar-refractivity contribution is 8.02. The van der Waals surface area contributed by atoms with Crippen molar-refractivity contribution in [3.63, 3.8) is 0 Å². The van der Waals surface area contributed by atoms with Gasteiger partial charge in [0, 0.05) is 24.7 Å². The number of carbonyl (C=O) groups is 1. The van der Waals surface area contributed by atoms with E-state index in [1.54, 1.807) is 33.8 Å². The second-order valence-corrected chi connectivity index (χ2v) is 10.7. The number of aryl methyl sites for hydroxylation is 1. The lowest BCUT2D eigenvalue weighted by molar-refractivity contribution is 0.0980. The number of carbonyl (C=O) groups excluding carboxylic acids is 1. The quantitative estimate of drug-likeness (QED) is 0.614. The molecule has 0 amide bonds. The maximum atomic E-state index is 14.7. The lowest BCUT2D eigenvalue weighted by Crippen LogP contribution is -2.54. The Morgan fingerprint density at radius 2 is 2.07 bits per heavy atom. The van der Waals surface area contributed by atoms with Crippen LogP contribution < -0.4 is 5.73 Å². The molecule has 1 aromatic heterocycles. The summed E-state index contributed by atoms with van der Waals surface area (Å²) in [5, 5.41) is 3.61. The number of nitrogens with zero attached hydrogens (tertiary/aromatic N) is 3. The molecule has 0 spiro atoms. The van der Waals surface area contributed by atoms with Crippen molar-refractivity contribution in [1.82, 2.24) is 10.1 Å². The van der Waals surface area contributed by atoms with Crippen LogP contribution in [-0.2, 0) is 21.5 Å². The molecule has 9 heteroatoms. The van der Waals surface area contributed by atoms with Gasteiger partial charge in [0.15, 0.2) is 0 Å². The third kappa shape index (κ3) is 3.34. The van der Waals surface area contributed by atoms with E-state index in [2.05, 4.69) is 21.0 Å². The number of hydrogen-bond acceptors (Lipinski definition) is 7. The monoisotopic (exact) mass is 406 g/mol. The fraction of sp³-hybridized carbons (Fsp3) is 0.421. The lowest BCUT2D eigenvalue weighted by atomic mass is 9.91. The van der Waals surface area contributed by atoms with Crippen LogP contribution in [0.25, 0.3) is 0 Å². The molecule has 2 atom stereocenters. The molecular weight excluding hydrogens is 383 g/mol. The third-order valence-corrected chi connectivity index (χ3v) is 8.28. The molecule has 7 nitrogen and oxygen atoms in total. The van der Waals surface area contributed by atoms with Gasteiger partial charge >= 0.3 is 0 Å². The first kappa shape index (κ1) is 20.2. The first-order chi connectivity index (χ1) is 12.9. The third-order valence-electron chi connectivity index (χ3n) is 5.18. The number of aliphatic imine (C=N–C) groups is 1. The van der Waals surface area contributed by atoms with Crippen LogP contribution in [0.15, 0.2) is 27.7 Å². The summed E-state index contributed by atoms with van der Waals surface area (Å²) in [5.74, 6) is 3.47. The molecule has 0 aliphatic carbocycles. The Labute approximate surface area is 163 Å². The van der Waals surface area contributed by atoms with Crippen molar-refractivity contribution in [2.45, 2.75) is 44.4 Å². The highest BCUT2D eigenvalue weighted by atomic mass is 32.2. The van der Waals surface area contributed by atoms with Crippen LogP contribution in [-0.4, -0.2) is 42.3 Å². The molecule has 150 valence electrons. The Bertz CT molecular complexity index is 1090. The summed E-state index contributed by atoms with van der Waals surface area (Å²) in [6.07, 6.45) is -0.0349. The van der Waals surface area contributed by atoms with E-state index in [0.717, 1.165) is 0 Å². The van der Waals surface area contributed by atoms with Crippen molar-refractivity contribution in [1.29, 1.82) is 0 Å². The van der Waals surface area contributed by atoms with Gasteiger partial charge in [-0.05, 0) is 53.9 Å². The van der Waals surface area contributed by atoms with Crippen molar-refractivity contribution >= 4 is 27.0 Å². The van der Waals surface area contributed by atoms with Gasteiger partial charge in [-0.1, -0.05) is 11.2 Å². The number of benzene rings is 1. The van der Waals surface area contributed by atoms with Crippen molar-refractivity contribution in [2.24, 2.45) is 10.7 Å². The largest absolute Gasteiger partial charge is 0.386 e. The Hall–Kier alpha value is -2.55. The van der Waals surface area contributed by atoms with E-state index in [-0.39, 0.29) is 41.1 Å². The minimum absolute atomic E-state index is 0.0305. The molecule has 1 aromatic carbocycles. The number of aromatic nitrogens is 2. The highest BCUT2D eigenvalue weighted by Crippen LogP contribution is 2.38. The Morgan fingerprint density at radius 1 is 1.39 bits per heavy atom. The maximum Gasteiger partial charge on any atom is 0.238 e. The van der Waals surface area contributed by atoms with Crippen LogP contribution in [0.2, 0.25) is 0 Å². The van der Waals surface area contributed by atoms with Crippen LogP contribution in [0, 0.1) is 12.7 Å². The Morgan fingerprint density at radius 3 is 2.64 bits per heavy atom. The van der Waals surface area contributed by atoms with E-state index in [9.17, 15) is 13.4 Å². The van der Waals surface area contributed by atoms with Gasteiger partial charge in [-0.2, -0.15) is 4.98 Å². The fourth-order valence-corrected chi connectivity index (χ4v) is 5.08. The minimum atomic E-state index is -2.68. The second kappa shape index (κ2) is 6.51. The molecule has 0 fully saturated rings. The van der Waals surface area contributed by atoms with E-state index in [4.69, 9.17) is 10.3 Å². The Balaban J connectivity index is 2.00. The average Bonchev–Trinajstić information content (AvgIpc) is 3.01. The van der Waals surface area contributed by atoms with Gasteiger partial charge in [-0.25, -0.2) is 4.39 Å². The van der Waals surface area contributed by atoms with Crippen molar-refractivity contribution in [2.75, 3.05) is 5.75 Å². The number of hydrogen-bond donors (Lipinski definition) is 1. The number of nitrogens with two attached hydrogens (primary N) is 1. The van der Waals surface area contributed by atoms with Crippen LogP contribution in [0.1, 0.15) is 48.4 Å². The highest BCUT2D eigenvalue weighted by Gasteiger charge is 2.45. The molecule has 28 heavy (non-hydrogen) atoms. The predicted octanol–water partition coefficient (Wildman–Crippen LogP) is 2.02. The summed E-state index contributed by atoms with van der Waals surface area (Å²) >= 11 is 0. The molecule has 0 saturated heterocycles. The number of Topliss-reactive ketones (excluding diaryl/α,β-unsaturated/α-hetero) is 1. The zero-order valence-corrected chi connectivity index (χ0v) is 17.1. The molecule has 1 unspecified atom stereocenters. The van der Waals surface area contributed by atoms with Gasteiger partial charge in [-0.3, -0.25) is 14.0 Å². The summed E-state index contributed by atoms with van der Waals surface area (Å²) in [7, 11) is -2.68. The fourth-order valence-electron chi connectivity index (χ4n) is 3.17. The molecule has 1 aliphatic heterocycles. The summed E-state index contributed by atoms with van der Waals surface area (Å²) in [4.78, 5) is 20.7. The molecule has 2 aromatic rings. The average molecular weight is 406 g/mol. The van der Waals surface area contributed by atoms with E-state index in [1.165, 1.54) is 12.1 Å². The van der Waals surface area contributed by atoms with Crippen molar-refractivity contribution in [3.8, 4) is 0 Å². The van der Waals surface area contributed by atoms with E-state index >= 15 is 0 Å². The predicted molar refractivity (Wildman–Crippen MR) is 107 cm³/mol. The summed E-state index contributed by atoms with van der Waals surface area (Å²) < 4.78 is 31.8. The van der Waals surface area contributed by atoms with Gasteiger partial charge in [0.2, 0.25) is 17.5 Å². The number of rotatable bonds is 4. The zero-order chi connectivity index (χ0) is 20.9. The zero-order valence-electron chi connectivity index (χ0n) is 16.3. The number of amidine groups is 1. The summed E-state index contributed by atoms with van der Waals surface area (Å²) in [6, 6.07) is 4.32. The molecule has 0 bridgehead atoms. The minimum Gasteiger partial charge on any atom is -0.386 e. The molecule has 1 aliphatic rings. The first-order valence-corrected chi connectivity index (χ1v) is 10.6. The van der Waals surface area contributed by atoms with Gasteiger partial charge in [0.1, 0.15) is 11.7 Å². The number of ketones is 1. The second-order valence-electron chi connectivity index (χ2n) is 7.79. The molecule has 0 radical (unpaired) electrons. The molecule has 0 saturated carbocycles. The van der Waals surface area contributed by atoms with Gasteiger partial charge < -0.3 is 10.3 Å². The maximum absolute atomic E-state index is 14.7. The van der Waals surface area contributed by atoms with Crippen LogP contribution >= 0.6 is 0 Å². The van der Waals surface area contributed by atoms with Crippen molar-refractivity contribution in [3.05, 3.63) is 46.9 Å². The Kier molecular flexibility index (Phi) is 4.69. The lowest BCUT2D eigenvalue weighted by Gasteiger charge is -2.41. The van der Waals surface area contributed by atoms with Crippen molar-refractivity contribution < 1.29 is 17.9 Å². The van der Waals surface area contributed by atoms with Gasteiger partial charge in [0.05, 0.1) is 10.3 Å². The molecular formula is C19H23FN4O3S. The molecule has 2 N–H and O–H groups in total. The first-order valence-electron chi connectivity index (χ1n) is 8.68. The normalized spacial score (nSPS) is 26.7. The van der Waals surface area contributed by atoms with E-state index in [1.807, 2.05) is 0 Å². The standard InChI is InChI=1S/C19H23FN4O3S/c1-11-22-16(24-27-11)15(25)9-12-6-7-14(20)13(8-12)19(4)10-28(5,26)18(2,3)17(21)23-19/h6-8H,5,9-10H2,1-4H3,(H2,21,23)/t19-,28?/m0/s1. The van der Waals surface area contributed by atoms with E-state index in [0.29, 0.717) is 5.56 Å². The molecule has 2 heterocycles. The summed E-state index contributed by atoms with van der Waals surface area (Å²) in [5.41, 5.74) is 5.70. The number of halogens is 1. The molecule has 3 rings (SSSR count). The van der Waals surface area contributed by atoms with Crippen LogP contribution in [0.3, 0.4) is 0 Å². The SMILES string of the molecule is C=S1(=O)C[C@@](C)(c2cc(CC(=O)c3noc(C)n3)ccc2F)N=C(N)C1(C)C. The van der Waals surface area contributed by atoms with Gasteiger partial charge in [-0.15, -0.1) is 0 Å². The van der Waals surface area contributed by atoms with Crippen LogP contribution in [0.4, 0.5) is 4.39 Å².